The number of nitrogens with zero attached hydrogens (tertiary/aromatic N) is 1. The number of hydrogen-bond acceptors (Lipinski definition) is 5. The number of carboxylic acid groups (broad SMARTS) is 1. The predicted molar refractivity (Wildman–Crippen MR) is 105 cm³/mol. The Bertz CT molecular complexity index is 673. The van der Waals surface area contributed by atoms with Gasteiger partial charge in [0.25, 0.3) is 5.91 Å². The van der Waals surface area contributed by atoms with Crippen LogP contribution in [-0.2, 0) is 9.53 Å². The molecule has 0 radical (unpaired) electrons. The minimum Gasteiger partial charge on any atom is -0.490 e. The fraction of sp³-hybridized carbons (Fsp3) is 0.619. The molecule has 1 aromatic rings. The number of aliphatic carboxylic acids is 1. The number of likely N-dealkylation sites (tertiary alicyclic amines) is 1. The monoisotopic (exact) mass is 393 g/mol. The van der Waals surface area contributed by atoms with Crippen molar-refractivity contribution in [3.05, 3.63) is 23.8 Å². The molecule has 1 fully saturated rings. The van der Waals surface area contributed by atoms with Gasteiger partial charge < -0.3 is 24.2 Å². The van der Waals surface area contributed by atoms with Gasteiger partial charge in [-0.25, -0.2) is 0 Å². The number of piperidine rings is 1. The third-order valence-corrected chi connectivity index (χ3v) is 4.85. The van der Waals surface area contributed by atoms with Crippen molar-refractivity contribution in [2.24, 2.45) is 5.41 Å². The number of rotatable bonds is 10. The molecule has 0 saturated carbocycles. The SMILES string of the molecule is CCCOc1ccc(C(=O)N2CCCC(COC)(C(=O)O)C2)cc1OCCC. The molecule has 0 spiro atoms. The molecule has 1 amide bonds. The molecule has 156 valence electrons. The Labute approximate surface area is 166 Å². The third kappa shape index (κ3) is 5.16. The van der Waals surface area contributed by atoms with Gasteiger partial charge in [-0.3, -0.25) is 9.59 Å². The zero-order valence-corrected chi connectivity index (χ0v) is 17.0. The Hall–Kier alpha value is -2.28. The summed E-state index contributed by atoms with van der Waals surface area (Å²) < 4.78 is 16.6. The van der Waals surface area contributed by atoms with Crippen molar-refractivity contribution in [3.63, 3.8) is 0 Å². The van der Waals surface area contributed by atoms with Crippen molar-refractivity contribution >= 4 is 11.9 Å². The summed E-state index contributed by atoms with van der Waals surface area (Å²) in [6.07, 6.45) is 2.83. The van der Waals surface area contributed by atoms with E-state index in [9.17, 15) is 14.7 Å². The predicted octanol–water partition coefficient (Wildman–Crippen LogP) is 3.22. The fourth-order valence-corrected chi connectivity index (χ4v) is 3.42. The lowest BCUT2D eigenvalue weighted by Crippen LogP contribution is -2.52. The molecule has 7 heteroatoms. The molecule has 1 heterocycles. The summed E-state index contributed by atoms with van der Waals surface area (Å²) in [6, 6.07) is 5.15. The highest BCUT2D eigenvalue weighted by Gasteiger charge is 2.44. The maximum atomic E-state index is 13.1. The van der Waals surface area contributed by atoms with Crippen molar-refractivity contribution < 1.29 is 28.9 Å². The molecule has 1 saturated heterocycles. The van der Waals surface area contributed by atoms with Crippen LogP contribution < -0.4 is 9.47 Å². The maximum absolute atomic E-state index is 13.1. The number of hydrogen-bond donors (Lipinski definition) is 1. The summed E-state index contributed by atoms with van der Waals surface area (Å²) in [5, 5.41) is 9.70. The van der Waals surface area contributed by atoms with Crippen LogP contribution in [0.25, 0.3) is 0 Å². The Morgan fingerprint density at radius 3 is 2.43 bits per heavy atom. The Morgan fingerprint density at radius 2 is 1.82 bits per heavy atom. The van der Waals surface area contributed by atoms with E-state index >= 15 is 0 Å². The number of carbonyl (C=O) groups is 2. The van der Waals surface area contributed by atoms with Crippen LogP contribution in [-0.4, -0.2) is 61.9 Å². The molecule has 1 aliphatic rings. The molecule has 7 nitrogen and oxygen atoms in total. The zero-order chi connectivity index (χ0) is 20.6. The molecule has 28 heavy (non-hydrogen) atoms. The first-order valence-electron chi connectivity index (χ1n) is 9.88. The molecule has 1 aromatic carbocycles. The summed E-state index contributed by atoms with van der Waals surface area (Å²) in [7, 11) is 1.48. The van der Waals surface area contributed by atoms with E-state index in [1.54, 1.807) is 23.1 Å². The first kappa shape index (κ1) is 22.0. The van der Waals surface area contributed by atoms with Crippen molar-refractivity contribution in [2.75, 3.05) is 40.0 Å². The van der Waals surface area contributed by atoms with E-state index in [-0.39, 0.29) is 19.1 Å². The Kier molecular flexibility index (Phi) is 8.11. The topological polar surface area (TPSA) is 85.3 Å². The van der Waals surface area contributed by atoms with E-state index in [1.165, 1.54) is 7.11 Å². The van der Waals surface area contributed by atoms with Crippen LogP contribution in [0.2, 0.25) is 0 Å². The van der Waals surface area contributed by atoms with Gasteiger partial charge in [0.1, 0.15) is 5.41 Å². The van der Waals surface area contributed by atoms with Gasteiger partial charge in [0.2, 0.25) is 0 Å². The number of methoxy groups -OCH3 is 1. The molecular weight excluding hydrogens is 362 g/mol. The second-order valence-electron chi connectivity index (χ2n) is 7.21. The van der Waals surface area contributed by atoms with E-state index in [2.05, 4.69) is 0 Å². The standard InChI is InChI=1S/C21H31NO6/c1-4-11-27-17-8-7-16(13-18(17)28-12-5-2)19(23)22-10-6-9-21(14-22,15-26-3)20(24)25/h7-8,13H,4-6,9-12,14-15H2,1-3H3,(H,24,25). The third-order valence-electron chi connectivity index (χ3n) is 4.85. The largest absolute Gasteiger partial charge is 0.490 e. The van der Waals surface area contributed by atoms with Gasteiger partial charge >= 0.3 is 5.97 Å². The summed E-state index contributed by atoms with van der Waals surface area (Å²) in [6.45, 7) is 5.87. The number of amides is 1. The summed E-state index contributed by atoms with van der Waals surface area (Å²) in [4.78, 5) is 26.5. The van der Waals surface area contributed by atoms with E-state index < -0.39 is 11.4 Å². The van der Waals surface area contributed by atoms with Gasteiger partial charge in [0.05, 0.1) is 19.8 Å². The van der Waals surface area contributed by atoms with Gasteiger partial charge in [-0.05, 0) is 43.9 Å². The normalized spacial score (nSPS) is 19.3. The highest BCUT2D eigenvalue weighted by atomic mass is 16.5. The molecule has 0 aliphatic carbocycles. The molecule has 1 N–H and O–H groups in total. The highest BCUT2D eigenvalue weighted by Crippen LogP contribution is 2.33. The summed E-state index contributed by atoms with van der Waals surface area (Å²) in [5.41, 5.74) is -0.595. The van der Waals surface area contributed by atoms with E-state index in [1.807, 2.05) is 13.8 Å². The Balaban J connectivity index is 2.23. The lowest BCUT2D eigenvalue weighted by atomic mass is 9.80. The number of benzene rings is 1. The first-order valence-corrected chi connectivity index (χ1v) is 9.88. The molecule has 1 aliphatic heterocycles. The van der Waals surface area contributed by atoms with E-state index in [0.29, 0.717) is 49.7 Å². The van der Waals surface area contributed by atoms with Crippen molar-refractivity contribution in [1.29, 1.82) is 0 Å². The van der Waals surface area contributed by atoms with Crippen LogP contribution in [0.3, 0.4) is 0 Å². The van der Waals surface area contributed by atoms with Gasteiger partial charge in [-0.2, -0.15) is 0 Å². The van der Waals surface area contributed by atoms with Crippen LogP contribution in [0.15, 0.2) is 18.2 Å². The van der Waals surface area contributed by atoms with Crippen LogP contribution in [0.5, 0.6) is 11.5 Å². The van der Waals surface area contributed by atoms with E-state index in [4.69, 9.17) is 14.2 Å². The van der Waals surface area contributed by atoms with E-state index in [0.717, 1.165) is 12.8 Å². The average Bonchev–Trinajstić information content (AvgIpc) is 2.70. The van der Waals surface area contributed by atoms with Gasteiger partial charge in [-0.1, -0.05) is 13.8 Å². The van der Waals surface area contributed by atoms with Crippen molar-refractivity contribution in [2.45, 2.75) is 39.5 Å². The van der Waals surface area contributed by atoms with Crippen LogP contribution in [0.1, 0.15) is 49.9 Å². The molecule has 2 rings (SSSR count). The van der Waals surface area contributed by atoms with Crippen LogP contribution in [0, 0.1) is 5.41 Å². The number of carboxylic acids is 1. The zero-order valence-electron chi connectivity index (χ0n) is 17.0. The second kappa shape index (κ2) is 10.3. The maximum Gasteiger partial charge on any atom is 0.313 e. The minimum atomic E-state index is -1.06. The molecule has 1 unspecified atom stereocenters. The fourth-order valence-electron chi connectivity index (χ4n) is 3.42. The molecule has 0 bridgehead atoms. The van der Waals surface area contributed by atoms with Gasteiger partial charge in [-0.15, -0.1) is 0 Å². The minimum absolute atomic E-state index is 0.0841. The quantitative estimate of drug-likeness (QED) is 0.657. The lowest BCUT2D eigenvalue weighted by molar-refractivity contribution is -0.155. The smallest absolute Gasteiger partial charge is 0.313 e. The van der Waals surface area contributed by atoms with Crippen LogP contribution >= 0.6 is 0 Å². The summed E-state index contributed by atoms with van der Waals surface area (Å²) >= 11 is 0. The van der Waals surface area contributed by atoms with Gasteiger partial charge in [0, 0.05) is 25.8 Å². The second-order valence-corrected chi connectivity index (χ2v) is 7.21. The molecule has 1 atom stereocenters. The number of ether oxygens (including phenoxy) is 3. The average molecular weight is 393 g/mol. The lowest BCUT2D eigenvalue weighted by Gasteiger charge is -2.39. The van der Waals surface area contributed by atoms with Crippen molar-refractivity contribution in [3.8, 4) is 11.5 Å². The molecule has 0 aromatic heterocycles. The van der Waals surface area contributed by atoms with Crippen molar-refractivity contribution in [1.82, 2.24) is 4.90 Å². The number of carbonyl (C=O) groups excluding carboxylic acids is 1. The van der Waals surface area contributed by atoms with Gasteiger partial charge in [0.15, 0.2) is 11.5 Å². The first-order chi connectivity index (χ1) is 13.5. The highest BCUT2D eigenvalue weighted by molar-refractivity contribution is 5.95. The Morgan fingerprint density at radius 1 is 1.14 bits per heavy atom. The molecular formula is C21H31NO6. The summed E-state index contributed by atoms with van der Waals surface area (Å²) in [5.74, 6) is 0.0243. The van der Waals surface area contributed by atoms with Crippen LogP contribution in [0.4, 0.5) is 0 Å².